The topological polar surface area (TPSA) is 88.3 Å². The van der Waals surface area contributed by atoms with Crippen LogP contribution in [0.2, 0.25) is 0 Å². The Labute approximate surface area is 148 Å². The van der Waals surface area contributed by atoms with Gasteiger partial charge in [0.05, 0.1) is 6.42 Å². The summed E-state index contributed by atoms with van der Waals surface area (Å²) in [5, 5.41) is 13.1. The van der Waals surface area contributed by atoms with E-state index in [9.17, 15) is 9.59 Å². The number of amides is 1. The molecule has 0 atom stereocenters. The molecular weight excluding hydrogens is 320 g/mol. The Balaban J connectivity index is 1.65. The molecule has 1 N–H and O–H groups in total. The minimum Gasteiger partial charge on any atom is -0.481 e. The number of hydrogen-bond donors (Lipinski definition) is 1. The zero-order valence-electron chi connectivity index (χ0n) is 14.8. The van der Waals surface area contributed by atoms with Crippen LogP contribution in [0.3, 0.4) is 0 Å². The molecule has 1 amide bonds. The standard InChI is InChI=1S/C18H28N4O3/c23-16(6-7-17(24)25)21-10-8-18(9-11-21,12-22-14-19-13-20-22)15-4-2-1-3-5-15/h13-15H,1-12H2,(H,24,25). The van der Waals surface area contributed by atoms with Crippen molar-refractivity contribution in [3.8, 4) is 0 Å². The smallest absolute Gasteiger partial charge is 0.303 e. The Morgan fingerprint density at radius 2 is 1.84 bits per heavy atom. The molecule has 1 aromatic heterocycles. The molecule has 0 radical (unpaired) electrons. The Kier molecular flexibility index (Phi) is 5.71. The Morgan fingerprint density at radius 1 is 1.12 bits per heavy atom. The zero-order chi connectivity index (χ0) is 17.7. The number of likely N-dealkylation sites (tertiary alicyclic amines) is 1. The lowest BCUT2D eigenvalue weighted by atomic mass is 9.63. The molecule has 2 aliphatic rings. The van der Waals surface area contributed by atoms with E-state index in [1.54, 1.807) is 12.7 Å². The van der Waals surface area contributed by atoms with Gasteiger partial charge in [0.25, 0.3) is 0 Å². The van der Waals surface area contributed by atoms with Crippen LogP contribution in [0.1, 0.15) is 57.8 Å². The van der Waals surface area contributed by atoms with Gasteiger partial charge in [0.1, 0.15) is 12.7 Å². The number of aliphatic carboxylic acids is 1. The van der Waals surface area contributed by atoms with Gasteiger partial charge in [0.15, 0.2) is 0 Å². The fraction of sp³-hybridized carbons (Fsp3) is 0.778. The van der Waals surface area contributed by atoms with Gasteiger partial charge in [0.2, 0.25) is 5.91 Å². The van der Waals surface area contributed by atoms with E-state index < -0.39 is 5.97 Å². The molecule has 138 valence electrons. The quantitative estimate of drug-likeness (QED) is 0.852. The lowest BCUT2D eigenvalue weighted by molar-refractivity contribution is -0.142. The summed E-state index contributed by atoms with van der Waals surface area (Å²) < 4.78 is 1.94. The minimum atomic E-state index is -0.909. The van der Waals surface area contributed by atoms with Crippen LogP contribution in [-0.4, -0.2) is 49.7 Å². The first-order chi connectivity index (χ1) is 12.1. The lowest BCUT2D eigenvalue weighted by Crippen LogP contribution is -2.48. The van der Waals surface area contributed by atoms with E-state index in [1.807, 2.05) is 9.58 Å². The van der Waals surface area contributed by atoms with Gasteiger partial charge in [-0.05, 0) is 37.0 Å². The van der Waals surface area contributed by atoms with E-state index in [-0.39, 0.29) is 24.2 Å². The first-order valence-electron chi connectivity index (χ1n) is 9.41. The molecule has 7 heteroatoms. The maximum atomic E-state index is 12.2. The van der Waals surface area contributed by atoms with Gasteiger partial charge in [-0.1, -0.05) is 19.3 Å². The van der Waals surface area contributed by atoms with Crippen LogP contribution in [0.15, 0.2) is 12.7 Å². The number of carbonyl (C=O) groups is 2. The van der Waals surface area contributed by atoms with E-state index in [4.69, 9.17) is 5.11 Å². The van der Waals surface area contributed by atoms with Crippen molar-refractivity contribution in [2.45, 2.75) is 64.3 Å². The van der Waals surface area contributed by atoms with E-state index >= 15 is 0 Å². The van der Waals surface area contributed by atoms with E-state index in [0.717, 1.165) is 32.5 Å². The summed E-state index contributed by atoms with van der Waals surface area (Å²) in [7, 11) is 0. The lowest BCUT2D eigenvalue weighted by Gasteiger charge is -2.48. The summed E-state index contributed by atoms with van der Waals surface area (Å²) in [5.41, 5.74) is 0.178. The van der Waals surface area contributed by atoms with E-state index in [0.29, 0.717) is 5.92 Å². The molecule has 25 heavy (non-hydrogen) atoms. The predicted octanol–water partition coefficient (Wildman–Crippen LogP) is 2.33. The second kappa shape index (κ2) is 7.97. The van der Waals surface area contributed by atoms with Crippen molar-refractivity contribution in [3.05, 3.63) is 12.7 Å². The normalized spacial score (nSPS) is 21.2. The van der Waals surface area contributed by atoms with Crippen LogP contribution in [0.25, 0.3) is 0 Å². The average molecular weight is 348 g/mol. The summed E-state index contributed by atoms with van der Waals surface area (Å²) in [6.07, 6.45) is 11.8. The molecule has 1 aliphatic heterocycles. The van der Waals surface area contributed by atoms with Crippen molar-refractivity contribution in [1.82, 2.24) is 19.7 Å². The molecule has 1 saturated heterocycles. The molecule has 1 aromatic rings. The third-order valence-corrected chi connectivity index (χ3v) is 6.08. The highest BCUT2D eigenvalue weighted by atomic mass is 16.4. The van der Waals surface area contributed by atoms with E-state index in [1.165, 1.54) is 32.1 Å². The highest BCUT2D eigenvalue weighted by Crippen LogP contribution is 2.47. The number of rotatable bonds is 6. The third kappa shape index (κ3) is 4.38. The first kappa shape index (κ1) is 17.9. The van der Waals surface area contributed by atoms with Crippen LogP contribution in [-0.2, 0) is 16.1 Å². The van der Waals surface area contributed by atoms with Crippen LogP contribution in [0.4, 0.5) is 0 Å². The highest BCUT2D eigenvalue weighted by Gasteiger charge is 2.42. The molecule has 0 unspecified atom stereocenters. The molecule has 0 spiro atoms. The number of carbonyl (C=O) groups excluding carboxylic acids is 1. The largest absolute Gasteiger partial charge is 0.481 e. The minimum absolute atomic E-state index is 0.0274. The summed E-state index contributed by atoms with van der Waals surface area (Å²) in [6, 6.07) is 0. The van der Waals surface area contributed by atoms with Crippen molar-refractivity contribution < 1.29 is 14.7 Å². The fourth-order valence-corrected chi connectivity index (χ4v) is 4.62. The second-order valence-corrected chi connectivity index (χ2v) is 7.56. The summed E-state index contributed by atoms with van der Waals surface area (Å²) in [4.78, 5) is 28.9. The number of nitrogens with zero attached hydrogens (tertiary/aromatic N) is 4. The Morgan fingerprint density at radius 3 is 2.44 bits per heavy atom. The van der Waals surface area contributed by atoms with Crippen molar-refractivity contribution in [3.63, 3.8) is 0 Å². The third-order valence-electron chi connectivity index (χ3n) is 6.08. The molecule has 2 heterocycles. The molecule has 2 fully saturated rings. The van der Waals surface area contributed by atoms with Gasteiger partial charge in [-0.3, -0.25) is 14.3 Å². The molecule has 0 aromatic carbocycles. The van der Waals surface area contributed by atoms with E-state index in [2.05, 4.69) is 10.1 Å². The molecule has 0 bridgehead atoms. The molecular formula is C18H28N4O3. The fourth-order valence-electron chi connectivity index (χ4n) is 4.62. The van der Waals surface area contributed by atoms with Gasteiger partial charge in [-0.2, -0.15) is 5.10 Å². The number of carboxylic acid groups (broad SMARTS) is 1. The van der Waals surface area contributed by atoms with Crippen LogP contribution in [0.5, 0.6) is 0 Å². The van der Waals surface area contributed by atoms with Crippen LogP contribution < -0.4 is 0 Å². The second-order valence-electron chi connectivity index (χ2n) is 7.56. The number of carboxylic acids is 1. The average Bonchev–Trinajstić information content (AvgIpc) is 3.14. The molecule has 3 rings (SSSR count). The Hall–Kier alpha value is -1.92. The maximum Gasteiger partial charge on any atom is 0.303 e. The maximum absolute atomic E-state index is 12.2. The number of piperidine rings is 1. The summed E-state index contributed by atoms with van der Waals surface area (Å²) >= 11 is 0. The van der Waals surface area contributed by atoms with Crippen molar-refractivity contribution in [1.29, 1.82) is 0 Å². The molecule has 7 nitrogen and oxygen atoms in total. The summed E-state index contributed by atoms with van der Waals surface area (Å²) in [5.74, 6) is -0.254. The van der Waals surface area contributed by atoms with Crippen LogP contribution >= 0.6 is 0 Å². The van der Waals surface area contributed by atoms with Gasteiger partial charge >= 0.3 is 5.97 Å². The van der Waals surface area contributed by atoms with Gasteiger partial charge in [-0.25, -0.2) is 4.98 Å². The number of aromatic nitrogens is 3. The van der Waals surface area contributed by atoms with Gasteiger partial charge in [-0.15, -0.1) is 0 Å². The van der Waals surface area contributed by atoms with Crippen LogP contribution in [0, 0.1) is 11.3 Å². The first-order valence-corrected chi connectivity index (χ1v) is 9.41. The van der Waals surface area contributed by atoms with Gasteiger partial charge < -0.3 is 10.0 Å². The predicted molar refractivity (Wildman–Crippen MR) is 91.7 cm³/mol. The Bertz CT molecular complexity index is 573. The number of hydrogen-bond acceptors (Lipinski definition) is 4. The zero-order valence-corrected chi connectivity index (χ0v) is 14.8. The summed E-state index contributed by atoms with van der Waals surface area (Å²) in [6.45, 7) is 2.32. The van der Waals surface area contributed by atoms with Gasteiger partial charge in [0, 0.05) is 26.1 Å². The van der Waals surface area contributed by atoms with Crippen molar-refractivity contribution >= 4 is 11.9 Å². The highest BCUT2D eigenvalue weighted by molar-refractivity contribution is 5.80. The monoisotopic (exact) mass is 348 g/mol. The molecule has 1 aliphatic carbocycles. The SMILES string of the molecule is O=C(O)CCC(=O)N1CCC(Cn2cncn2)(C2CCCCC2)CC1. The van der Waals surface area contributed by atoms with Crippen molar-refractivity contribution in [2.75, 3.05) is 13.1 Å². The van der Waals surface area contributed by atoms with Crippen molar-refractivity contribution in [2.24, 2.45) is 11.3 Å². The molecule has 1 saturated carbocycles.